The maximum atomic E-state index is 6.01. The average Bonchev–Trinajstić information content (AvgIpc) is 2.53. The van der Waals surface area contributed by atoms with E-state index in [-0.39, 0.29) is 0 Å². The lowest BCUT2D eigenvalue weighted by atomic mass is 10.0. The topological polar surface area (TPSA) is 27.7 Å². The Morgan fingerprint density at radius 1 is 0.810 bits per heavy atom. The van der Waals surface area contributed by atoms with Crippen LogP contribution in [-0.4, -0.2) is 21.3 Å². The Kier molecular flexibility index (Phi) is 5.21. The van der Waals surface area contributed by atoms with Gasteiger partial charge in [-0.15, -0.1) is 0 Å². The third-order valence-electron chi connectivity index (χ3n) is 3.18. The molecule has 0 spiro atoms. The molecule has 0 amide bonds. The second kappa shape index (κ2) is 6.92. The number of hydrogen-bond acceptors (Lipinski definition) is 3. The number of alkyl halides is 2. The lowest BCUT2D eigenvalue weighted by Crippen LogP contribution is -1.94. The van der Waals surface area contributed by atoms with Crippen molar-refractivity contribution in [1.29, 1.82) is 0 Å². The predicted octanol–water partition coefficient (Wildman–Crippen LogP) is 4.86. The van der Waals surface area contributed by atoms with Gasteiger partial charge in [0.25, 0.3) is 0 Å². The molecule has 0 fully saturated rings. The van der Waals surface area contributed by atoms with E-state index in [4.69, 9.17) is 37.4 Å². The summed E-state index contributed by atoms with van der Waals surface area (Å²) in [5, 5.41) is 0. The van der Waals surface area contributed by atoms with Gasteiger partial charge >= 0.3 is 0 Å². The highest BCUT2D eigenvalue weighted by Gasteiger charge is 2.14. The number of halogens is 2. The molecule has 0 radical (unpaired) electrons. The van der Waals surface area contributed by atoms with Crippen LogP contribution in [0.15, 0.2) is 36.4 Å². The molecule has 0 heterocycles. The summed E-state index contributed by atoms with van der Waals surface area (Å²) in [6, 6.07) is 11.3. The number of rotatable bonds is 5. The molecule has 21 heavy (non-hydrogen) atoms. The Labute approximate surface area is 134 Å². The third-order valence-corrected chi connectivity index (χ3v) is 3.65. The van der Waals surface area contributed by atoms with Crippen molar-refractivity contribution < 1.29 is 14.2 Å². The van der Waals surface area contributed by atoms with Crippen LogP contribution < -0.4 is 14.2 Å². The van der Waals surface area contributed by atoms with Gasteiger partial charge < -0.3 is 14.2 Å². The summed E-state index contributed by atoms with van der Waals surface area (Å²) in [6.07, 6.45) is 0. The molecule has 0 aliphatic carbocycles. The van der Waals surface area contributed by atoms with Gasteiger partial charge in [-0.1, -0.05) is 29.3 Å². The lowest BCUT2D eigenvalue weighted by Gasteiger charge is -2.14. The van der Waals surface area contributed by atoms with Crippen molar-refractivity contribution in [2.45, 2.75) is 4.84 Å². The number of ether oxygens (including phenoxy) is 3. The minimum absolute atomic E-state index is 0.649. The largest absolute Gasteiger partial charge is 0.497 e. The number of hydrogen-bond donors (Lipinski definition) is 0. The molecule has 2 rings (SSSR count). The van der Waals surface area contributed by atoms with E-state index in [9.17, 15) is 0 Å². The van der Waals surface area contributed by atoms with Crippen molar-refractivity contribution in [1.82, 2.24) is 0 Å². The molecular formula is C16H16Cl2O3. The van der Waals surface area contributed by atoms with Crippen molar-refractivity contribution in [2.75, 3.05) is 21.3 Å². The monoisotopic (exact) mass is 326 g/mol. The van der Waals surface area contributed by atoms with Crippen molar-refractivity contribution in [3.8, 4) is 28.4 Å². The van der Waals surface area contributed by atoms with Gasteiger partial charge in [0.15, 0.2) is 0 Å². The fraction of sp³-hybridized carbons (Fsp3) is 0.250. The van der Waals surface area contributed by atoms with Crippen LogP contribution >= 0.6 is 23.2 Å². The van der Waals surface area contributed by atoms with E-state index in [1.54, 1.807) is 21.3 Å². The van der Waals surface area contributed by atoms with E-state index in [2.05, 4.69) is 0 Å². The summed E-state index contributed by atoms with van der Waals surface area (Å²) in [4.78, 5) is -0.670. The van der Waals surface area contributed by atoms with Crippen LogP contribution in [-0.2, 0) is 0 Å². The fourth-order valence-corrected chi connectivity index (χ4v) is 2.45. The smallest absolute Gasteiger partial charge is 0.136 e. The summed E-state index contributed by atoms with van der Waals surface area (Å²) in [5.74, 6) is 2.14. The van der Waals surface area contributed by atoms with Crippen molar-refractivity contribution >= 4 is 23.2 Å². The highest BCUT2D eigenvalue weighted by molar-refractivity contribution is 6.44. The average molecular weight is 327 g/mol. The zero-order valence-electron chi connectivity index (χ0n) is 12.0. The van der Waals surface area contributed by atoms with Crippen LogP contribution in [0.25, 0.3) is 11.1 Å². The number of benzene rings is 2. The first-order chi connectivity index (χ1) is 10.1. The number of methoxy groups -OCH3 is 3. The molecule has 5 heteroatoms. The maximum absolute atomic E-state index is 6.01. The van der Waals surface area contributed by atoms with Crippen LogP contribution in [0.5, 0.6) is 17.2 Å². The van der Waals surface area contributed by atoms with Crippen molar-refractivity contribution in [3.05, 3.63) is 42.0 Å². The molecule has 0 aliphatic rings. The van der Waals surface area contributed by atoms with E-state index in [0.29, 0.717) is 11.3 Å². The molecule has 0 aromatic heterocycles. The Balaban J connectivity index is 2.58. The van der Waals surface area contributed by atoms with Crippen LogP contribution in [0.2, 0.25) is 0 Å². The van der Waals surface area contributed by atoms with E-state index < -0.39 is 4.84 Å². The highest BCUT2D eigenvalue weighted by Crippen LogP contribution is 2.39. The molecule has 0 saturated heterocycles. The molecule has 0 unspecified atom stereocenters. The van der Waals surface area contributed by atoms with E-state index >= 15 is 0 Å². The third kappa shape index (κ3) is 3.36. The summed E-state index contributed by atoms with van der Waals surface area (Å²) in [5.41, 5.74) is 2.53. The van der Waals surface area contributed by atoms with E-state index in [0.717, 1.165) is 22.6 Å². The fourth-order valence-electron chi connectivity index (χ4n) is 2.11. The molecule has 0 N–H and O–H groups in total. The standard InChI is InChI=1S/C16H16Cl2O3/c1-19-11-5-7-14(20-2)12(9-11)10-4-6-15(21-3)13(8-10)16(17)18/h4-9,16H,1-3H3. The van der Waals surface area contributed by atoms with E-state index in [1.165, 1.54) is 0 Å². The molecule has 2 aromatic rings. The normalized spacial score (nSPS) is 10.6. The van der Waals surface area contributed by atoms with Gasteiger partial charge in [-0.25, -0.2) is 0 Å². The Morgan fingerprint density at radius 3 is 2.05 bits per heavy atom. The molecule has 3 nitrogen and oxygen atoms in total. The minimum Gasteiger partial charge on any atom is -0.497 e. The van der Waals surface area contributed by atoms with Gasteiger partial charge in [0.1, 0.15) is 22.1 Å². The molecule has 0 atom stereocenters. The second-order valence-electron chi connectivity index (χ2n) is 4.32. The molecule has 112 valence electrons. The lowest BCUT2D eigenvalue weighted by molar-refractivity contribution is 0.404. The van der Waals surface area contributed by atoms with Crippen LogP contribution in [0.3, 0.4) is 0 Å². The Hall–Kier alpha value is -1.58. The maximum Gasteiger partial charge on any atom is 0.136 e. The zero-order chi connectivity index (χ0) is 15.4. The SMILES string of the molecule is COc1ccc(OC)c(-c2ccc(OC)c(C(Cl)Cl)c2)c1. The Morgan fingerprint density at radius 2 is 1.48 bits per heavy atom. The van der Waals surface area contributed by atoms with Gasteiger partial charge in [-0.3, -0.25) is 0 Å². The molecule has 0 saturated carbocycles. The summed E-state index contributed by atoms with van der Waals surface area (Å²) < 4.78 is 15.9. The van der Waals surface area contributed by atoms with Crippen LogP contribution in [0.1, 0.15) is 10.4 Å². The highest BCUT2D eigenvalue weighted by atomic mass is 35.5. The minimum atomic E-state index is -0.670. The van der Waals surface area contributed by atoms with Crippen molar-refractivity contribution in [3.63, 3.8) is 0 Å². The van der Waals surface area contributed by atoms with Gasteiger partial charge in [0.2, 0.25) is 0 Å². The van der Waals surface area contributed by atoms with Gasteiger partial charge in [-0.2, -0.15) is 0 Å². The van der Waals surface area contributed by atoms with E-state index in [1.807, 2.05) is 36.4 Å². The molecule has 2 aromatic carbocycles. The molecule has 0 aliphatic heterocycles. The van der Waals surface area contributed by atoms with Crippen molar-refractivity contribution in [2.24, 2.45) is 0 Å². The second-order valence-corrected chi connectivity index (χ2v) is 5.42. The van der Waals surface area contributed by atoms with Gasteiger partial charge in [0.05, 0.1) is 21.3 Å². The summed E-state index contributed by atoms with van der Waals surface area (Å²) in [7, 11) is 4.83. The summed E-state index contributed by atoms with van der Waals surface area (Å²) >= 11 is 12.0. The zero-order valence-corrected chi connectivity index (χ0v) is 13.5. The molecular weight excluding hydrogens is 311 g/mol. The quantitative estimate of drug-likeness (QED) is 0.734. The Bertz CT molecular complexity index is 627. The van der Waals surface area contributed by atoms with Gasteiger partial charge in [0, 0.05) is 11.1 Å². The first-order valence-corrected chi connectivity index (χ1v) is 7.16. The summed E-state index contributed by atoms with van der Waals surface area (Å²) in [6.45, 7) is 0. The van der Waals surface area contributed by atoms with Crippen LogP contribution in [0, 0.1) is 0 Å². The van der Waals surface area contributed by atoms with Crippen LogP contribution in [0.4, 0.5) is 0 Å². The van der Waals surface area contributed by atoms with Gasteiger partial charge in [-0.05, 0) is 35.9 Å². The molecule has 0 bridgehead atoms. The first kappa shape index (κ1) is 15.8. The first-order valence-electron chi connectivity index (χ1n) is 6.29. The predicted molar refractivity (Wildman–Crippen MR) is 86.0 cm³/mol.